The Bertz CT molecular complexity index is 970. The van der Waals surface area contributed by atoms with Crippen LogP contribution in [-0.4, -0.2) is 27.3 Å². The van der Waals surface area contributed by atoms with E-state index in [4.69, 9.17) is 0 Å². The largest absolute Gasteiger partial charge is 0.355 e. The second-order valence-corrected chi connectivity index (χ2v) is 7.25. The van der Waals surface area contributed by atoms with Gasteiger partial charge in [0.25, 0.3) is 5.56 Å². The number of carbonyl (C=O) groups is 1. The van der Waals surface area contributed by atoms with Crippen LogP contribution in [0.25, 0.3) is 10.9 Å². The Labute approximate surface area is 156 Å². The number of fused-ring (bicyclic) bond motifs is 1. The van der Waals surface area contributed by atoms with Crippen molar-refractivity contribution in [1.82, 2.24) is 14.9 Å². The van der Waals surface area contributed by atoms with Gasteiger partial charge in [0, 0.05) is 6.54 Å². The van der Waals surface area contributed by atoms with Crippen molar-refractivity contribution < 1.29 is 4.79 Å². The van der Waals surface area contributed by atoms with Crippen molar-refractivity contribution in [3.05, 3.63) is 70.5 Å². The molecule has 1 heterocycles. The summed E-state index contributed by atoms with van der Waals surface area (Å²) in [6, 6.07) is 17.1. The number of para-hydroxylation sites is 1. The summed E-state index contributed by atoms with van der Waals surface area (Å²) in [5, 5.41) is 3.60. The lowest BCUT2D eigenvalue weighted by atomic mass is 10.2. The van der Waals surface area contributed by atoms with Crippen molar-refractivity contribution in [2.45, 2.75) is 30.8 Å². The lowest BCUT2D eigenvalue weighted by molar-refractivity contribution is -0.120. The van der Waals surface area contributed by atoms with Gasteiger partial charge in [-0.05, 0) is 31.5 Å². The number of nitrogens with zero attached hydrogens (tertiary/aromatic N) is 2. The smallest absolute Gasteiger partial charge is 0.262 e. The van der Waals surface area contributed by atoms with Crippen molar-refractivity contribution in [3.63, 3.8) is 0 Å². The second-order valence-electron chi connectivity index (χ2n) is 5.94. The Morgan fingerprint density at radius 3 is 2.58 bits per heavy atom. The number of hydrogen-bond acceptors (Lipinski definition) is 4. The summed E-state index contributed by atoms with van der Waals surface area (Å²) in [7, 11) is 0. The minimum Gasteiger partial charge on any atom is -0.355 e. The minimum atomic E-state index is -0.343. The topological polar surface area (TPSA) is 64.0 Å². The monoisotopic (exact) mass is 367 g/mol. The number of amides is 1. The van der Waals surface area contributed by atoms with Gasteiger partial charge in [-0.3, -0.25) is 14.2 Å². The van der Waals surface area contributed by atoms with Crippen LogP contribution in [0.5, 0.6) is 0 Å². The number of rotatable bonds is 6. The maximum Gasteiger partial charge on any atom is 0.262 e. The van der Waals surface area contributed by atoms with E-state index in [9.17, 15) is 9.59 Å². The van der Waals surface area contributed by atoms with E-state index in [1.807, 2.05) is 62.4 Å². The van der Waals surface area contributed by atoms with Crippen LogP contribution in [0, 0.1) is 0 Å². The van der Waals surface area contributed by atoms with Gasteiger partial charge >= 0.3 is 0 Å². The predicted molar refractivity (Wildman–Crippen MR) is 106 cm³/mol. The van der Waals surface area contributed by atoms with E-state index >= 15 is 0 Å². The fourth-order valence-corrected chi connectivity index (χ4v) is 3.60. The quantitative estimate of drug-likeness (QED) is 0.537. The van der Waals surface area contributed by atoms with E-state index in [1.165, 1.54) is 11.8 Å². The maximum absolute atomic E-state index is 13.0. The summed E-state index contributed by atoms with van der Waals surface area (Å²) < 4.78 is 1.65. The number of carbonyl (C=O) groups excluding carboxylic acids is 1. The zero-order valence-electron chi connectivity index (χ0n) is 14.8. The summed E-state index contributed by atoms with van der Waals surface area (Å²) in [6.07, 6.45) is 0. The number of benzene rings is 2. The Kier molecular flexibility index (Phi) is 5.73. The van der Waals surface area contributed by atoms with Gasteiger partial charge in [-0.15, -0.1) is 0 Å². The molecular weight excluding hydrogens is 346 g/mol. The second kappa shape index (κ2) is 8.19. The molecule has 6 heteroatoms. The SMILES string of the molecule is CCNC(=O)[C@@H](C)Sc1nc2ccccc2c(=O)n1Cc1ccccc1. The third kappa shape index (κ3) is 3.96. The van der Waals surface area contributed by atoms with Gasteiger partial charge in [-0.2, -0.15) is 0 Å². The van der Waals surface area contributed by atoms with Crippen LogP contribution in [0.3, 0.4) is 0 Å². The lowest BCUT2D eigenvalue weighted by Gasteiger charge is -2.16. The van der Waals surface area contributed by atoms with Gasteiger partial charge in [0.05, 0.1) is 22.7 Å². The van der Waals surface area contributed by atoms with Gasteiger partial charge in [-0.1, -0.05) is 54.2 Å². The zero-order valence-corrected chi connectivity index (χ0v) is 15.6. The zero-order chi connectivity index (χ0) is 18.5. The number of hydrogen-bond donors (Lipinski definition) is 1. The normalized spacial score (nSPS) is 12.1. The summed E-state index contributed by atoms with van der Waals surface area (Å²) in [4.78, 5) is 29.8. The van der Waals surface area contributed by atoms with Crippen LogP contribution >= 0.6 is 11.8 Å². The molecule has 1 amide bonds. The molecule has 0 bridgehead atoms. The molecule has 2 aromatic carbocycles. The van der Waals surface area contributed by atoms with Crippen molar-refractivity contribution in [1.29, 1.82) is 0 Å². The molecule has 1 aromatic heterocycles. The predicted octanol–water partition coefficient (Wildman–Crippen LogP) is 3.06. The van der Waals surface area contributed by atoms with Crippen LogP contribution in [0.2, 0.25) is 0 Å². The Hall–Kier alpha value is -2.60. The van der Waals surface area contributed by atoms with Gasteiger partial charge < -0.3 is 5.32 Å². The first-order valence-corrected chi connectivity index (χ1v) is 9.46. The van der Waals surface area contributed by atoms with Gasteiger partial charge in [0.15, 0.2) is 5.16 Å². The molecule has 3 rings (SSSR count). The minimum absolute atomic E-state index is 0.0637. The third-order valence-corrected chi connectivity index (χ3v) is 5.10. The summed E-state index contributed by atoms with van der Waals surface area (Å²) in [6.45, 7) is 4.70. The lowest BCUT2D eigenvalue weighted by Crippen LogP contribution is -2.32. The van der Waals surface area contributed by atoms with E-state index in [1.54, 1.807) is 10.6 Å². The Balaban J connectivity index is 2.05. The van der Waals surface area contributed by atoms with Gasteiger partial charge in [-0.25, -0.2) is 4.98 Å². The van der Waals surface area contributed by atoms with Crippen LogP contribution in [0.15, 0.2) is 64.5 Å². The van der Waals surface area contributed by atoms with Crippen molar-refractivity contribution >= 4 is 28.6 Å². The number of thioether (sulfide) groups is 1. The van der Waals surface area contributed by atoms with Crippen molar-refractivity contribution in [2.75, 3.05) is 6.54 Å². The van der Waals surface area contributed by atoms with E-state index in [0.717, 1.165) is 5.56 Å². The summed E-state index contributed by atoms with van der Waals surface area (Å²) in [5.41, 5.74) is 1.57. The van der Waals surface area contributed by atoms with Crippen LogP contribution < -0.4 is 10.9 Å². The molecule has 26 heavy (non-hydrogen) atoms. The van der Waals surface area contributed by atoms with Gasteiger partial charge in [0.2, 0.25) is 5.91 Å². The molecule has 5 nitrogen and oxygen atoms in total. The molecule has 0 spiro atoms. The molecule has 134 valence electrons. The molecule has 0 fully saturated rings. The molecule has 0 unspecified atom stereocenters. The van der Waals surface area contributed by atoms with E-state index in [2.05, 4.69) is 10.3 Å². The average molecular weight is 367 g/mol. The van der Waals surface area contributed by atoms with Crippen molar-refractivity contribution in [2.24, 2.45) is 0 Å². The highest BCUT2D eigenvalue weighted by Crippen LogP contribution is 2.23. The fraction of sp³-hybridized carbons (Fsp3) is 0.250. The van der Waals surface area contributed by atoms with Crippen LogP contribution in [0.1, 0.15) is 19.4 Å². The van der Waals surface area contributed by atoms with Gasteiger partial charge in [0.1, 0.15) is 0 Å². The molecule has 0 radical (unpaired) electrons. The number of nitrogens with one attached hydrogen (secondary N) is 1. The molecule has 0 aliphatic heterocycles. The molecule has 0 saturated carbocycles. The summed E-state index contributed by atoms with van der Waals surface area (Å²) >= 11 is 1.31. The summed E-state index contributed by atoms with van der Waals surface area (Å²) in [5.74, 6) is -0.0637. The number of aromatic nitrogens is 2. The average Bonchev–Trinajstić information content (AvgIpc) is 2.66. The van der Waals surface area contributed by atoms with E-state index in [0.29, 0.717) is 29.1 Å². The molecule has 1 atom stereocenters. The molecule has 0 aliphatic rings. The molecule has 3 aromatic rings. The molecule has 0 aliphatic carbocycles. The highest BCUT2D eigenvalue weighted by molar-refractivity contribution is 8.00. The van der Waals surface area contributed by atoms with Crippen molar-refractivity contribution in [3.8, 4) is 0 Å². The molecule has 1 N–H and O–H groups in total. The first-order chi connectivity index (χ1) is 12.6. The first kappa shape index (κ1) is 18.2. The molecule has 0 saturated heterocycles. The van der Waals surface area contributed by atoms with Crippen LogP contribution in [-0.2, 0) is 11.3 Å². The maximum atomic E-state index is 13.0. The highest BCUT2D eigenvalue weighted by Gasteiger charge is 2.19. The van der Waals surface area contributed by atoms with Crippen LogP contribution in [0.4, 0.5) is 0 Å². The molecular formula is C20H21N3O2S. The fourth-order valence-electron chi connectivity index (χ4n) is 2.67. The Morgan fingerprint density at radius 1 is 1.15 bits per heavy atom. The standard InChI is InChI=1S/C20H21N3O2S/c1-3-21-18(24)14(2)26-20-22-17-12-8-7-11-16(17)19(25)23(20)13-15-9-5-4-6-10-15/h4-12,14H,3,13H2,1-2H3,(H,21,24)/t14-/m1/s1. The highest BCUT2D eigenvalue weighted by atomic mass is 32.2. The first-order valence-electron chi connectivity index (χ1n) is 8.58. The third-order valence-electron chi connectivity index (χ3n) is 4.01. The van der Waals surface area contributed by atoms with E-state index in [-0.39, 0.29) is 16.7 Å². The van der Waals surface area contributed by atoms with E-state index < -0.39 is 0 Å². The Morgan fingerprint density at radius 2 is 1.85 bits per heavy atom.